The number of hydrogen-bond acceptors (Lipinski definition) is 2. The molecule has 0 aromatic heterocycles. The van der Waals surface area contributed by atoms with Crippen LogP contribution in [0.25, 0.3) is 0 Å². The molecule has 2 nitrogen and oxygen atoms in total. The Kier molecular flexibility index (Phi) is 4.49. The standard InChI is InChI=1S/C15H11BrF2O2/c1-20-15-5-2-9(6-13(15)18)7-14(19)11-8-10(16)3-4-12(11)17/h2-6,8H,7H2,1H3. The first-order valence-electron chi connectivity index (χ1n) is 5.82. The van der Waals surface area contributed by atoms with Crippen molar-refractivity contribution in [1.29, 1.82) is 0 Å². The molecule has 0 aliphatic carbocycles. The minimum Gasteiger partial charge on any atom is -0.494 e. The third kappa shape index (κ3) is 3.22. The summed E-state index contributed by atoms with van der Waals surface area (Å²) in [7, 11) is 1.36. The van der Waals surface area contributed by atoms with Gasteiger partial charge in [-0.15, -0.1) is 0 Å². The number of methoxy groups -OCH3 is 1. The minimum atomic E-state index is -0.591. The Hall–Kier alpha value is -1.75. The van der Waals surface area contributed by atoms with E-state index in [0.29, 0.717) is 10.0 Å². The lowest BCUT2D eigenvalue weighted by atomic mass is 10.0. The van der Waals surface area contributed by atoms with Gasteiger partial charge in [0, 0.05) is 10.9 Å². The van der Waals surface area contributed by atoms with Crippen LogP contribution in [-0.4, -0.2) is 12.9 Å². The summed E-state index contributed by atoms with van der Waals surface area (Å²) in [5.41, 5.74) is 0.447. The maximum absolute atomic E-state index is 13.6. The lowest BCUT2D eigenvalue weighted by Crippen LogP contribution is -2.06. The molecule has 2 rings (SSSR count). The number of carbonyl (C=O) groups is 1. The highest BCUT2D eigenvalue weighted by atomic mass is 79.9. The van der Waals surface area contributed by atoms with Gasteiger partial charge in [-0.2, -0.15) is 0 Å². The van der Waals surface area contributed by atoms with Crippen LogP contribution in [0, 0.1) is 11.6 Å². The SMILES string of the molecule is COc1ccc(CC(=O)c2cc(Br)ccc2F)cc1F. The Morgan fingerprint density at radius 2 is 1.90 bits per heavy atom. The van der Waals surface area contributed by atoms with Gasteiger partial charge >= 0.3 is 0 Å². The molecule has 0 aliphatic rings. The van der Waals surface area contributed by atoms with Crippen molar-refractivity contribution in [2.75, 3.05) is 7.11 Å². The molecule has 20 heavy (non-hydrogen) atoms. The van der Waals surface area contributed by atoms with Crippen LogP contribution in [0.2, 0.25) is 0 Å². The smallest absolute Gasteiger partial charge is 0.170 e. The number of rotatable bonds is 4. The molecule has 0 bridgehead atoms. The van der Waals surface area contributed by atoms with Crippen molar-refractivity contribution in [3.05, 3.63) is 63.6 Å². The van der Waals surface area contributed by atoms with E-state index >= 15 is 0 Å². The van der Waals surface area contributed by atoms with Gasteiger partial charge in [0.1, 0.15) is 5.82 Å². The second kappa shape index (κ2) is 6.13. The van der Waals surface area contributed by atoms with Crippen molar-refractivity contribution in [3.8, 4) is 5.75 Å². The third-order valence-electron chi connectivity index (χ3n) is 2.81. The number of Topliss-reactive ketones (excluding diaryl/α,β-unsaturated/α-hetero) is 1. The summed E-state index contributed by atoms with van der Waals surface area (Å²) in [4.78, 5) is 12.0. The number of hydrogen-bond donors (Lipinski definition) is 0. The molecule has 0 amide bonds. The molecule has 0 fully saturated rings. The lowest BCUT2D eigenvalue weighted by molar-refractivity contribution is 0.0989. The van der Waals surface area contributed by atoms with Gasteiger partial charge in [-0.05, 0) is 35.9 Å². The molecule has 0 saturated heterocycles. The Balaban J connectivity index is 2.23. The highest BCUT2D eigenvalue weighted by Gasteiger charge is 2.14. The van der Waals surface area contributed by atoms with Crippen LogP contribution in [0.3, 0.4) is 0 Å². The van der Waals surface area contributed by atoms with Gasteiger partial charge in [0.15, 0.2) is 17.3 Å². The molecule has 0 heterocycles. The van der Waals surface area contributed by atoms with Crippen LogP contribution in [0.4, 0.5) is 8.78 Å². The molecular weight excluding hydrogens is 330 g/mol. The van der Waals surface area contributed by atoms with Crippen LogP contribution in [0.15, 0.2) is 40.9 Å². The lowest BCUT2D eigenvalue weighted by Gasteiger charge is -2.06. The van der Waals surface area contributed by atoms with Crippen LogP contribution in [-0.2, 0) is 6.42 Å². The number of ether oxygens (including phenoxy) is 1. The fraction of sp³-hybridized carbons (Fsp3) is 0.133. The summed E-state index contributed by atoms with van der Waals surface area (Å²) in [5.74, 6) is -1.44. The minimum absolute atomic E-state index is 0.0180. The van der Waals surface area contributed by atoms with Crippen LogP contribution >= 0.6 is 15.9 Å². The normalized spacial score (nSPS) is 10.4. The molecule has 2 aromatic rings. The Bertz CT molecular complexity index is 656. The number of halogens is 3. The van der Waals surface area contributed by atoms with E-state index in [0.717, 1.165) is 0 Å². The van der Waals surface area contributed by atoms with Crippen molar-refractivity contribution in [3.63, 3.8) is 0 Å². The Morgan fingerprint density at radius 1 is 1.15 bits per heavy atom. The predicted octanol–water partition coefficient (Wildman–Crippen LogP) is 4.16. The molecule has 5 heteroatoms. The zero-order valence-electron chi connectivity index (χ0n) is 10.6. The van der Waals surface area contributed by atoms with Gasteiger partial charge in [0.2, 0.25) is 0 Å². The van der Waals surface area contributed by atoms with E-state index in [2.05, 4.69) is 15.9 Å². The summed E-state index contributed by atoms with van der Waals surface area (Å²) < 4.78 is 32.5. The van der Waals surface area contributed by atoms with Gasteiger partial charge in [-0.1, -0.05) is 22.0 Å². The molecule has 0 saturated carbocycles. The Labute approximate surface area is 123 Å². The monoisotopic (exact) mass is 340 g/mol. The summed E-state index contributed by atoms with van der Waals surface area (Å²) in [5, 5.41) is 0. The van der Waals surface area contributed by atoms with E-state index in [-0.39, 0.29) is 17.7 Å². The molecule has 0 aliphatic heterocycles. The molecule has 104 valence electrons. The molecule has 0 unspecified atom stereocenters. The molecule has 2 aromatic carbocycles. The third-order valence-corrected chi connectivity index (χ3v) is 3.30. The summed E-state index contributed by atoms with van der Waals surface area (Å²) in [6, 6.07) is 8.38. The van der Waals surface area contributed by atoms with Crippen LogP contribution in [0.1, 0.15) is 15.9 Å². The fourth-order valence-corrected chi connectivity index (χ4v) is 2.17. The summed E-state index contributed by atoms with van der Waals surface area (Å²) in [6.07, 6.45) is -0.0751. The van der Waals surface area contributed by atoms with E-state index in [1.807, 2.05) is 0 Å². The first kappa shape index (κ1) is 14.7. The zero-order chi connectivity index (χ0) is 14.7. The molecular formula is C15H11BrF2O2. The second-order valence-corrected chi connectivity index (χ2v) is 5.11. The number of benzene rings is 2. The van der Waals surface area contributed by atoms with E-state index < -0.39 is 17.4 Å². The maximum atomic E-state index is 13.6. The first-order chi connectivity index (χ1) is 9.51. The largest absolute Gasteiger partial charge is 0.494 e. The van der Waals surface area contributed by atoms with Gasteiger partial charge in [0.25, 0.3) is 0 Å². The summed E-state index contributed by atoms with van der Waals surface area (Å²) in [6.45, 7) is 0. The molecule has 0 radical (unpaired) electrons. The van der Waals surface area contributed by atoms with Crippen molar-refractivity contribution < 1.29 is 18.3 Å². The fourth-order valence-electron chi connectivity index (χ4n) is 1.81. The number of ketones is 1. The Morgan fingerprint density at radius 3 is 2.55 bits per heavy atom. The number of carbonyl (C=O) groups excluding carboxylic acids is 1. The van der Waals surface area contributed by atoms with Crippen molar-refractivity contribution in [2.24, 2.45) is 0 Å². The van der Waals surface area contributed by atoms with Gasteiger partial charge in [-0.3, -0.25) is 4.79 Å². The highest BCUT2D eigenvalue weighted by molar-refractivity contribution is 9.10. The average molecular weight is 341 g/mol. The van der Waals surface area contributed by atoms with E-state index in [4.69, 9.17) is 4.74 Å². The van der Waals surface area contributed by atoms with Gasteiger partial charge in [-0.25, -0.2) is 8.78 Å². The predicted molar refractivity (Wildman–Crippen MR) is 75.1 cm³/mol. The van der Waals surface area contributed by atoms with Crippen LogP contribution in [0.5, 0.6) is 5.75 Å². The van der Waals surface area contributed by atoms with Crippen LogP contribution < -0.4 is 4.74 Å². The van der Waals surface area contributed by atoms with E-state index in [1.165, 1.54) is 37.4 Å². The molecule has 0 spiro atoms. The zero-order valence-corrected chi connectivity index (χ0v) is 12.2. The second-order valence-electron chi connectivity index (χ2n) is 4.19. The topological polar surface area (TPSA) is 26.3 Å². The van der Waals surface area contributed by atoms with E-state index in [9.17, 15) is 13.6 Å². The summed E-state index contributed by atoms with van der Waals surface area (Å²) >= 11 is 3.19. The van der Waals surface area contributed by atoms with Gasteiger partial charge < -0.3 is 4.74 Å². The van der Waals surface area contributed by atoms with Gasteiger partial charge in [0.05, 0.1) is 12.7 Å². The maximum Gasteiger partial charge on any atom is 0.170 e. The van der Waals surface area contributed by atoms with Crippen molar-refractivity contribution in [2.45, 2.75) is 6.42 Å². The molecule has 0 N–H and O–H groups in total. The van der Waals surface area contributed by atoms with Crippen molar-refractivity contribution >= 4 is 21.7 Å². The quantitative estimate of drug-likeness (QED) is 0.781. The van der Waals surface area contributed by atoms with E-state index in [1.54, 1.807) is 6.07 Å². The van der Waals surface area contributed by atoms with Crippen molar-refractivity contribution in [1.82, 2.24) is 0 Å². The first-order valence-corrected chi connectivity index (χ1v) is 6.61. The average Bonchev–Trinajstić information content (AvgIpc) is 2.41. The highest BCUT2D eigenvalue weighted by Crippen LogP contribution is 2.21. The molecule has 0 atom stereocenters.